The van der Waals surface area contributed by atoms with Gasteiger partial charge in [-0.2, -0.15) is 0 Å². The number of hydrogen-bond acceptors (Lipinski definition) is 3. The molecule has 0 saturated carbocycles. The van der Waals surface area contributed by atoms with Crippen LogP contribution in [0.4, 0.5) is 5.95 Å². The second kappa shape index (κ2) is 7.39. The maximum absolute atomic E-state index is 7.39. The molecule has 0 aliphatic heterocycles. The third-order valence-electron chi connectivity index (χ3n) is 3.67. The quantitative estimate of drug-likeness (QED) is 0.518. The van der Waals surface area contributed by atoms with Crippen molar-refractivity contribution in [3.8, 4) is 22.8 Å². The van der Waals surface area contributed by atoms with E-state index in [9.17, 15) is 0 Å². The van der Waals surface area contributed by atoms with Gasteiger partial charge in [0.25, 0.3) is 0 Å². The number of para-hydroxylation sites is 1. The van der Waals surface area contributed by atoms with Gasteiger partial charge in [-0.3, -0.25) is 4.57 Å². The number of aromatic nitrogens is 3. The van der Waals surface area contributed by atoms with Crippen LogP contribution in [0.25, 0.3) is 21.9 Å². The minimum atomic E-state index is 0. The first-order valence-corrected chi connectivity index (χ1v) is 7.11. The SMILES string of the molecule is [C-]#[N+]c1nnc(-c2[c-]cc(OC)cc2)n1-c1c(C)cccc1C.[Ir]. The number of rotatable bonds is 3. The molecule has 0 unspecified atom stereocenters. The largest absolute Gasteiger partial charge is 0.540 e. The molecule has 1 heterocycles. The zero-order valence-corrected chi connectivity index (χ0v) is 15.9. The third kappa shape index (κ3) is 3.09. The van der Waals surface area contributed by atoms with Gasteiger partial charge in [0.05, 0.1) is 12.8 Å². The summed E-state index contributed by atoms with van der Waals surface area (Å²) in [6.45, 7) is 11.4. The minimum absolute atomic E-state index is 0. The van der Waals surface area contributed by atoms with E-state index in [1.54, 1.807) is 17.7 Å². The van der Waals surface area contributed by atoms with E-state index < -0.39 is 0 Å². The maximum atomic E-state index is 7.39. The van der Waals surface area contributed by atoms with E-state index in [4.69, 9.17) is 11.3 Å². The number of ether oxygens (including phenoxy) is 1. The second-order valence-corrected chi connectivity index (χ2v) is 5.15. The molecule has 0 fully saturated rings. The van der Waals surface area contributed by atoms with Crippen LogP contribution in [0.5, 0.6) is 5.75 Å². The molecule has 6 heteroatoms. The molecule has 0 aliphatic carbocycles. The van der Waals surface area contributed by atoms with Crippen LogP contribution in [-0.2, 0) is 20.1 Å². The summed E-state index contributed by atoms with van der Waals surface area (Å²) in [5.74, 6) is 1.55. The van der Waals surface area contributed by atoms with E-state index in [1.807, 2.05) is 44.2 Å². The molecule has 0 amide bonds. The van der Waals surface area contributed by atoms with Gasteiger partial charge in [-0.15, -0.1) is 35.9 Å². The zero-order valence-electron chi connectivity index (χ0n) is 13.5. The molecule has 0 saturated heterocycles. The van der Waals surface area contributed by atoms with Crippen LogP contribution < -0.4 is 4.74 Å². The van der Waals surface area contributed by atoms with Crippen LogP contribution in [0.1, 0.15) is 11.1 Å². The first-order chi connectivity index (χ1) is 11.2. The Kier molecular flexibility index (Phi) is 5.50. The molecule has 2 aromatic carbocycles. The van der Waals surface area contributed by atoms with E-state index in [-0.39, 0.29) is 26.1 Å². The van der Waals surface area contributed by atoms with Crippen molar-refractivity contribution in [3.05, 3.63) is 65.0 Å². The third-order valence-corrected chi connectivity index (χ3v) is 3.67. The van der Waals surface area contributed by atoms with Crippen molar-refractivity contribution in [2.24, 2.45) is 0 Å². The van der Waals surface area contributed by atoms with Gasteiger partial charge in [0.2, 0.25) is 0 Å². The summed E-state index contributed by atoms with van der Waals surface area (Å²) in [5.41, 5.74) is 3.81. The van der Waals surface area contributed by atoms with Crippen LogP contribution >= 0.6 is 0 Å². The Hall–Kier alpha value is -2.48. The number of nitrogens with zero attached hydrogens (tertiary/aromatic N) is 4. The Morgan fingerprint density at radius 3 is 2.38 bits per heavy atom. The van der Waals surface area contributed by atoms with Gasteiger partial charge in [-0.25, -0.2) is 0 Å². The molecular weight excluding hydrogens is 480 g/mol. The molecule has 0 spiro atoms. The summed E-state index contributed by atoms with van der Waals surface area (Å²) in [5, 5.41) is 8.22. The molecule has 1 radical (unpaired) electrons. The van der Waals surface area contributed by atoms with E-state index in [0.29, 0.717) is 5.82 Å². The smallest absolute Gasteiger partial charge is 0.357 e. The summed E-state index contributed by atoms with van der Waals surface area (Å²) < 4.78 is 6.95. The second-order valence-electron chi connectivity index (χ2n) is 5.15. The number of hydrogen-bond donors (Lipinski definition) is 0. The predicted molar refractivity (Wildman–Crippen MR) is 87.9 cm³/mol. The zero-order chi connectivity index (χ0) is 16.4. The van der Waals surface area contributed by atoms with Gasteiger partial charge < -0.3 is 9.58 Å². The Balaban J connectivity index is 0.00000208. The van der Waals surface area contributed by atoms with Crippen molar-refractivity contribution in [3.63, 3.8) is 0 Å². The molecular formula is C18H15IrN4O-. The summed E-state index contributed by atoms with van der Waals surface area (Å²) in [6.07, 6.45) is 0. The molecule has 0 aliphatic rings. The van der Waals surface area contributed by atoms with Gasteiger partial charge >= 0.3 is 5.95 Å². The average Bonchev–Trinajstić information content (AvgIpc) is 2.98. The number of benzene rings is 2. The van der Waals surface area contributed by atoms with Crippen LogP contribution in [0.15, 0.2) is 36.4 Å². The van der Waals surface area contributed by atoms with E-state index in [2.05, 4.69) is 21.1 Å². The van der Waals surface area contributed by atoms with Gasteiger partial charge in [0.15, 0.2) is 0 Å². The van der Waals surface area contributed by atoms with Crippen molar-refractivity contribution in [2.75, 3.05) is 7.11 Å². The first-order valence-electron chi connectivity index (χ1n) is 7.11. The predicted octanol–water partition coefficient (Wildman–Crippen LogP) is 3.91. The monoisotopic (exact) mass is 496 g/mol. The fraction of sp³-hybridized carbons (Fsp3) is 0.167. The number of aryl methyl sites for hydroxylation is 2. The Morgan fingerprint density at radius 2 is 1.83 bits per heavy atom. The summed E-state index contributed by atoms with van der Waals surface area (Å²) in [7, 11) is 1.61. The van der Waals surface area contributed by atoms with Gasteiger partial charge in [0, 0.05) is 25.9 Å². The molecule has 5 nitrogen and oxygen atoms in total. The van der Waals surface area contributed by atoms with E-state index in [1.165, 1.54) is 0 Å². The molecule has 24 heavy (non-hydrogen) atoms. The maximum Gasteiger partial charge on any atom is 0.357 e. The fourth-order valence-electron chi connectivity index (χ4n) is 2.56. The average molecular weight is 496 g/mol. The normalized spacial score (nSPS) is 9.92. The van der Waals surface area contributed by atoms with Crippen molar-refractivity contribution < 1.29 is 24.8 Å². The molecule has 3 rings (SSSR count). The van der Waals surface area contributed by atoms with Crippen molar-refractivity contribution in [1.29, 1.82) is 0 Å². The Labute approximate surface area is 154 Å². The molecule has 123 valence electrons. The van der Waals surface area contributed by atoms with Crippen LogP contribution in [-0.4, -0.2) is 21.9 Å². The summed E-state index contributed by atoms with van der Waals surface area (Å²) in [4.78, 5) is 3.51. The molecule has 1 aromatic heterocycles. The van der Waals surface area contributed by atoms with Crippen molar-refractivity contribution in [1.82, 2.24) is 14.8 Å². The van der Waals surface area contributed by atoms with E-state index in [0.717, 1.165) is 28.1 Å². The van der Waals surface area contributed by atoms with Crippen molar-refractivity contribution >= 4 is 5.95 Å². The number of methoxy groups -OCH3 is 1. The van der Waals surface area contributed by atoms with Crippen LogP contribution in [0.2, 0.25) is 0 Å². The Bertz CT molecular complexity index is 874. The van der Waals surface area contributed by atoms with Crippen LogP contribution in [0.3, 0.4) is 0 Å². The first kappa shape index (κ1) is 17.9. The topological polar surface area (TPSA) is 44.3 Å². The molecule has 3 aromatic rings. The van der Waals surface area contributed by atoms with Gasteiger partial charge in [-0.05, 0) is 30.1 Å². The fourth-order valence-corrected chi connectivity index (χ4v) is 2.56. The van der Waals surface area contributed by atoms with Crippen molar-refractivity contribution in [2.45, 2.75) is 13.8 Å². The molecule has 0 N–H and O–H groups in total. The van der Waals surface area contributed by atoms with Gasteiger partial charge in [-0.1, -0.05) is 23.8 Å². The van der Waals surface area contributed by atoms with Gasteiger partial charge in [0.1, 0.15) is 5.82 Å². The van der Waals surface area contributed by atoms with E-state index >= 15 is 0 Å². The standard InChI is InChI=1S/C18H15N4O.Ir/c1-12-6-5-7-13(2)16(12)22-17(20-21-18(22)19-3)14-8-10-15(23-4)11-9-14;/h5-8,10-11H,1-2,4H3;/q-1;. The minimum Gasteiger partial charge on any atom is -0.540 e. The summed E-state index contributed by atoms with van der Waals surface area (Å²) >= 11 is 0. The molecule has 0 bridgehead atoms. The van der Waals surface area contributed by atoms with Crippen LogP contribution in [0, 0.1) is 26.5 Å². The Morgan fingerprint density at radius 1 is 1.12 bits per heavy atom. The summed E-state index contributed by atoms with van der Waals surface area (Å²) in [6, 6.07) is 14.6. The molecule has 0 atom stereocenters.